The number of rotatable bonds is 4. The van der Waals surface area contributed by atoms with E-state index in [-0.39, 0.29) is 0 Å². The minimum Gasteiger partial charge on any atom is -0.445 e. The van der Waals surface area contributed by atoms with Crippen LogP contribution in [-0.4, -0.2) is 11.0 Å². The van der Waals surface area contributed by atoms with Gasteiger partial charge in [-0.25, -0.2) is 4.98 Å². The fourth-order valence-electron chi connectivity index (χ4n) is 4.24. The molecule has 2 fully saturated rings. The van der Waals surface area contributed by atoms with E-state index in [4.69, 9.17) is 4.42 Å². The lowest BCUT2D eigenvalue weighted by Crippen LogP contribution is -2.42. The number of nitrogens with one attached hydrogen (secondary N) is 1. The normalized spacial score (nSPS) is 28.6. The van der Waals surface area contributed by atoms with Crippen LogP contribution < -0.4 is 5.32 Å². The Bertz CT molecular complexity index is 409. The predicted octanol–water partition coefficient (Wildman–Crippen LogP) is 4.21. The van der Waals surface area contributed by atoms with Crippen LogP contribution in [-0.2, 0) is 6.54 Å². The molecule has 1 aromatic rings. The third kappa shape index (κ3) is 3.43. The van der Waals surface area contributed by atoms with Gasteiger partial charge >= 0.3 is 0 Å². The van der Waals surface area contributed by atoms with Gasteiger partial charge < -0.3 is 9.73 Å². The second-order valence-electron chi connectivity index (χ2n) is 6.70. The summed E-state index contributed by atoms with van der Waals surface area (Å²) in [5.74, 6) is 3.61. The zero-order valence-electron chi connectivity index (χ0n) is 12.7. The molecule has 2 aliphatic rings. The number of aromatic nitrogens is 1. The minimum atomic E-state index is 0.680. The smallest absolute Gasteiger partial charge is 0.208 e. The van der Waals surface area contributed by atoms with E-state index in [1.54, 1.807) is 0 Å². The quantitative estimate of drug-likeness (QED) is 0.895. The van der Waals surface area contributed by atoms with Crippen molar-refractivity contribution in [1.82, 2.24) is 10.3 Å². The Balaban J connectivity index is 1.57. The monoisotopic (exact) mass is 276 g/mol. The van der Waals surface area contributed by atoms with Crippen LogP contribution in [0.15, 0.2) is 10.6 Å². The summed E-state index contributed by atoms with van der Waals surface area (Å²) in [5.41, 5.74) is 0. The van der Waals surface area contributed by atoms with E-state index in [0.29, 0.717) is 6.04 Å². The maximum atomic E-state index is 5.58. The molecule has 1 N–H and O–H groups in total. The molecule has 0 radical (unpaired) electrons. The molecule has 2 aliphatic carbocycles. The van der Waals surface area contributed by atoms with E-state index in [2.05, 4.69) is 10.3 Å². The fourth-order valence-corrected chi connectivity index (χ4v) is 4.24. The number of nitrogens with zero attached hydrogens (tertiary/aromatic N) is 1. The van der Waals surface area contributed by atoms with E-state index in [1.165, 1.54) is 57.8 Å². The van der Waals surface area contributed by atoms with Crippen molar-refractivity contribution in [2.75, 3.05) is 0 Å². The summed E-state index contributed by atoms with van der Waals surface area (Å²) < 4.78 is 5.58. The van der Waals surface area contributed by atoms with Crippen LogP contribution in [0.2, 0.25) is 0 Å². The number of hydrogen-bond donors (Lipinski definition) is 1. The second-order valence-corrected chi connectivity index (χ2v) is 6.70. The molecule has 0 spiro atoms. The molecule has 0 saturated heterocycles. The first kappa shape index (κ1) is 14.1. The fraction of sp³-hybridized carbons (Fsp3) is 0.824. The summed E-state index contributed by atoms with van der Waals surface area (Å²) in [4.78, 5) is 4.31. The molecule has 0 aliphatic heterocycles. The molecule has 0 aromatic carbocycles. The molecule has 112 valence electrons. The molecule has 1 aromatic heterocycles. The van der Waals surface area contributed by atoms with Crippen molar-refractivity contribution in [1.29, 1.82) is 0 Å². The maximum absolute atomic E-state index is 5.58. The van der Waals surface area contributed by atoms with Crippen molar-refractivity contribution in [2.24, 2.45) is 11.8 Å². The third-order valence-electron chi connectivity index (χ3n) is 5.26. The molecule has 20 heavy (non-hydrogen) atoms. The van der Waals surface area contributed by atoms with Crippen molar-refractivity contribution in [3.05, 3.63) is 17.8 Å². The highest BCUT2D eigenvalue weighted by molar-refractivity contribution is 4.92. The Morgan fingerprint density at radius 1 is 1.10 bits per heavy atom. The molecular weight excluding hydrogens is 248 g/mol. The van der Waals surface area contributed by atoms with Crippen LogP contribution in [0, 0.1) is 18.8 Å². The van der Waals surface area contributed by atoms with Gasteiger partial charge in [-0.15, -0.1) is 0 Å². The van der Waals surface area contributed by atoms with Gasteiger partial charge in [0, 0.05) is 6.04 Å². The van der Waals surface area contributed by atoms with Gasteiger partial charge in [-0.1, -0.05) is 44.9 Å². The molecule has 1 heterocycles. The van der Waals surface area contributed by atoms with E-state index in [1.807, 2.05) is 13.1 Å². The number of aryl methyl sites for hydroxylation is 1. The third-order valence-corrected chi connectivity index (χ3v) is 5.26. The second kappa shape index (κ2) is 6.75. The van der Waals surface area contributed by atoms with Crippen molar-refractivity contribution in [3.63, 3.8) is 0 Å². The molecule has 2 atom stereocenters. The topological polar surface area (TPSA) is 38.1 Å². The molecule has 3 rings (SSSR count). The first-order valence-electron chi connectivity index (χ1n) is 8.47. The Hall–Kier alpha value is -0.830. The Morgan fingerprint density at radius 2 is 1.85 bits per heavy atom. The van der Waals surface area contributed by atoms with Crippen LogP contribution in [0.4, 0.5) is 0 Å². The van der Waals surface area contributed by atoms with Crippen LogP contribution in [0.3, 0.4) is 0 Å². The van der Waals surface area contributed by atoms with Crippen LogP contribution in [0.1, 0.15) is 69.4 Å². The minimum absolute atomic E-state index is 0.680. The largest absolute Gasteiger partial charge is 0.445 e. The van der Waals surface area contributed by atoms with Gasteiger partial charge in [0.1, 0.15) is 5.76 Å². The van der Waals surface area contributed by atoms with Gasteiger partial charge in [0.2, 0.25) is 5.89 Å². The summed E-state index contributed by atoms with van der Waals surface area (Å²) >= 11 is 0. The summed E-state index contributed by atoms with van der Waals surface area (Å²) in [5, 5.41) is 3.74. The molecule has 2 unspecified atom stereocenters. The van der Waals surface area contributed by atoms with E-state index in [0.717, 1.165) is 30.0 Å². The summed E-state index contributed by atoms with van der Waals surface area (Å²) in [6, 6.07) is 0.680. The first-order valence-corrected chi connectivity index (χ1v) is 8.47. The Kier molecular flexibility index (Phi) is 4.77. The van der Waals surface area contributed by atoms with Crippen molar-refractivity contribution >= 4 is 0 Å². The number of hydrogen-bond acceptors (Lipinski definition) is 3. The van der Waals surface area contributed by atoms with E-state index >= 15 is 0 Å². The molecule has 2 saturated carbocycles. The Labute approximate surface area is 122 Å². The van der Waals surface area contributed by atoms with Gasteiger partial charge in [0.25, 0.3) is 0 Å². The molecule has 3 nitrogen and oxygen atoms in total. The summed E-state index contributed by atoms with van der Waals surface area (Å²) in [6.07, 6.45) is 14.7. The highest BCUT2D eigenvalue weighted by Gasteiger charge is 2.32. The number of oxazole rings is 1. The van der Waals surface area contributed by atoms with Gasteiger partial charge in [0.15, 0.2) is 0 Å². The zero-order chi connectivity index (χ0) is 13.8. The van der Waals surface area contributed by atoms with Gasteiger partial charge in [-0.05, 0) is 31.6 Å². The van der Waals surface area contributed by atoms with Crippen LogP contribution >= 0.6 is 0 Å². The van der Waals surface area contributed by atoms with E-state index in [9.17, 15) is 0 Å². The Morgan fingerprint density at radius 3 is 2.60 bits per heavy atom. The van der Waals surface area contributed by atoms with Crippen molar-refractivity contribution in [3.8, 4) is 0 Å². The maximum Gasteiger partial charge on any atom is 0.208 e. The van der Waals surface area contributed by atoms with Crippen molar-refractivity contribution in [2.45, 2.75) is 77.3 Å². The molecule has 3 heteroatoms. The van der Waals surface area contributed by atoms with Crippen LogP contribution in [0.25, 0.3) is 0 Å². The highest BCUT2D eigenvalue weighted by atomic mass is 16.4. The average Bonchev–Trinajstić information content (AvgIpc) is 2.92. The lowest BCUT2D eigenvalue weighted by atomic mass is 9.71. The summed E-state index contributed by atoms with van der Waals surface area (Å²) in [7, 11) is 0. The predicted molar refractivity (Wildman–Crippen MR) is 80.4 cm³/mol. The average molecular weight is 276 g/mol. The van der Waals surface area contributed by atoms with Gasteiger partial charge in [-0.2, -0.15) is 0 Å². The standard InChI is InChI=1S/C17H28N2O/c1-13-11-19-17(20-13)12-18-16-10-6-5-9-15(16)14-7-3-2-4-8-14/h11,14-16,18H,2-10,12H2,1H3. The highest BCUT2D eigenvalue weighted by Crippen LogP contribution is 2.38. The SMILES string of the molecule is Cc1cnc(CNC2CCCCC2C2CCCCC2)o1. The van der Waals surface area contributed by atoms with E-state index < -0.39 is 0 Å². The molecular formula is C17H28N2O. The first-order chi connectivity index (χ1) is 9.83. The molecule has 0 amide bonds. The zero-order valence-corrected chi connectivity index (χ0v) is 12.7. The molecule has 0 bridgehead atoms. The van der Waals surface area contributed by atoms with Gasteiger partial charge in [-0.3, -0.25) is 0 Å². The summed E-state index contributed by atoms with van der Waals surface area (Å²) in [6.45, 7) is 2.75. The van der Waals surface area contributed by atoms with Crippen LogP contribution in [0.5, 0.6) is 0 Å². The lowest BCUT2D eigenvalue weighted by molar-refractivity contribution is 0.147. The van der Waals surface area contributed by atoms with Crippen molar-refractivity contribution < 1.29 is 4.42 Å². The van der Waals surface area contributed by atoms with Gasteiger partial charge in [0.05, 0.1) is 12.7 Å². The lowest BCUT2D eigenvalue weighted by Gasteiger charge is -2.39.